The number of hydrogen-bond acceptors (Lipinski definition) is 8. The van der Waals surface area contributed by atoms with Gasteiger partial charge >= 0.3 is 18.3 Å². The van der Waals surface area contributed by atoms with E-state index in [-0.39, 0.29) is 45.1 Å². The molecule has 2 saturated carbocycles. The van der Waals surface area contributed by atoms with E-state index in [1.807, 2.05) is 27.7 Å². The fraction of sp³-hybridized carbons (Fsp3) is 0.583. The Bertz CT molecular complexity index is 2230. The third kappa shape index (κ3) is 14.1. The Kier molecular flexibility index (Phi) is 17.5. The van der Waals surface area contributed by atoms with Gasteiger partial charge in [-0.15, -0.1) is 0 Å². The number of ether oxygens (including phenoxy) is 3. The smallest absolute Gasteiger partial charge is 0.411 e. The molecule has 6 rings (SSSR count). The third-order valence-electron chi connectivity index (χ3n) is 11.9. The molecular formula is C48H59Cl3F6N2O8. The second-order valence-corrected chi connectivity index (χ2v) is 21.0. The minimum Gasteiger partial charge on any atom is -0.509 e. The van der Waals surface area contributed by atoms with Gasteiger partial charge in [-0.05, 0) is 169 Å². The zero-order valence-electron chi connectivity index (χ0n) is 39.2. The van der Waals surface area contributed by atoms with Crippen LogP contribution in [0.3, 0.4) is 0 Å². The maximum atomic E-state index is 13.2. The van der Waals surface area contributed by atoms with Crippen LogP contribution in [0.5, 0.6) is 0 Å². The molecule has 2 fully saturated rings. The quantitative estimate of drug-likeness (QED) is 0.142. The number of esters is 1. The van der Waals surface area contributed by atoms with Gasteiger partial charge in [-0.1, -0.05) is 44.0 Å². The van der Waals surface area contributed by atoms with Crippen molar-refractivity contribution in [3.05, 3.63) is 79.2 Å². The Hall–Kier alpha value is -3.83. The maximum Gasteiger partial charge on any atom is 0.411 e. The van der Waals surface area contributed by atoms with Gasteiger partial charge < -0.3 is 30.0 Å². The van der Waals surface area contributed by atoms with Crippen molar-refractivity contribution in [2.45, 2.75) is 156 Å². The van der Waals surface area contributed by atoms with Crippen molar-refractivity contribution in [3.8, 4) is 0 Å². The van der Waals surface area contributed by atoms with Crippen molar-refractivity contribution in [2.24, 2.45) is 10.8 Å². The van der Waals surface area contributed by atoms with E-state index >= 15 is 0 Å². The molecule has 2 aliphatic carbocycles. The number of halogens is 9. The highest BCUT2D eigenvalue weighted by Crippen LogP contribution is 2.47. The van der Waals surface area contributed by atoms with Gasteiger partial charge in [-0.3, -0.25) is 19.2 Å². The van der Waals surface area contributed by atoms with Gasteiger partial charge in [-0.25, -0.2) is 0 Å². The van der Waals surface area contributed by atoms with E-state index < -0.39 is 60.2 Å². The molecule has 3 N–H and O–H groups in total. The van der Waals surface area contributed by atoms with E-state index in [9.17, 15) is 50.6 Å². The summed E-state index contributed by atoms with van der Waals surface area (Å²) in [5.74, 6) is -1.07. The van der Waals surface area contributed by atoms with Crippen molar-refractivity contribution in [1.29, 1.82) is 0 Å². The molecule has 67 heavy (non-hydrogen) atoms. The Morgan fingerprint density at radius 2 is 0.970 bits per heavy atom. The van der Waals surface area contributed by atoms with E-state index in [4.69, 9.17) is 49.0 Å². The topological polar surface area (TPSA) is 140 Å². The van der Waals surface area contributed by atoms with Crippen LogP contribution in [-0.4, -0.2) is 77.0 Å². The molecule has 372 valence electrons. The van der Waals surface area contributed by atoms with Crippen LogP contribution in [0, 0.1) is 38.5 Å². The summed E-state index contributed by atoms with van der Waals surface area (Å²) < 4.78 is 90.5. The Morgan fingerprint density at radius 3 is 1.31 bits per heavy atom. The molecule has 2 aliphatic heterocycles. The van der Waals surface area contributed by atoms with Crippen molar-refractivity contribution in [1.82, 2.24) is 10.6 Å². The first kappa shape index (κ1) is 55.8. The number of nitrogens with one attached hydrogen (secondary N) is 2. The lowest BCUT2D eigenvalue weighted by molar-refractivity contribution is -0.189. The van der Waals surface area contributed by atoms with Crippen LogP contribution in [0.2, 0.25) is 10.0 Å². The molecule has 2 spiro atoms. The van der Waals surface area contributed by atoms with Gasteiger partial charge in [-0.2, -0.15) is 26.3 Å². The van der Waals surface area contributed by atoms with Gasteiger partial charge in [0.25, 0.3) is 11.8 Å². The summed E-state index contributed by atoms with van der Waals surface area (Å²) in [6.45, 7) is 15.2. The maximum absolute atomic E-state index is 13.2. The Labute approximate surface area is 402 Å². The number of hydrogen-bond donors (Lipinski definition) is 3. The second-order valence-electron chi connectivity index (χ2n) is 19.7. The largest absolute Gasteiger partial charge is 0.509 e. The average Bonchev–Trinajstić information content (AvgIpc) is 3.56. The number of rotatable bonds is 7. The van der Waals surface area contributed by atoms with Crippen LogP contribution >= 0.6 is 34.8 Å². The Morgan fingerprint density at radius 1 is 0.642 bits per heavy atom. The number of benzene rings is 2. The predicted octanol–water partition coefficient (Wildman–Crippen LogP) is 12.1. The Balaban J connectivity index is 0.000000260. The van der Waals surface area contributed by atoms with E-state index in [2.05, 4.69) is 10.6 Å². The fourth-order valence-electron chi connectivity index (χ4n) is 8.47. The molecule has 2 aromatic carbocycles. The summed E-state index contributed by atoms with van der Waals surface area (Å²) in [5, 5.41) is 17.5. The first-order valence-corrected chi connectivity index (χ1v) is 22.9. The van der Waals surface area contributed by atoms with E-state index in [1.165, 1.54) is 0 Å². The van der Waals surface area contributed by atoms with Gasteiger partial charge in [0, 0.05) is 15.5 Å². The number of alkyl halides is 6. The van der Waals surface area contributed by atoms with Crippen LogP contribution in [0.4, 0.5) is 26.3 Å². The first-order chi connectivity index (χ1) is 30.6. The van der Waals surface area contributed by atoms with Gasteiger partial charge in [0.15, 0.2) is 0 Å². The summed E-state index contributed by atoms with van der Waals surface area (Å²) in [4.78, 5) is 49.0. The molecule has 0 aromatic heterocycles. The highest BCUT2D eigenvalue weighted by Gasteiger charge is 2.52. The predicted molar refractivity (Wildman–Crippen MR) is 244 cm³/mol. The fourth-order valence-corrected chi connectivity index (χ4v) is 9.12. The number of aliphatic hydroxyl groups is 1. The normalized spacial score (nSPS) is 23.4. The highest BCUT2D eigenvalue weighted by molar-refractivity contribution is 6.64. The molecular weight excluding hydrogens is 953 g/mol. The summed E-state index contributed by atoms with van der Waals surface area (Å²) in [7, 11) is 0. The van der Waals surface area contributed by atoms with Crippen molar-refractivity contribution >= 4 is 69.0 Å². The zero-order valence-corrected chi connectivity index (χ0v) is 41.5. The number of aliphatic hydroxyl groups excluding tert-OH is 1. The molecule has 19 heteroatoms. The van der Waals surface area contributed by atoms with Crippen LogP contribution in [-0.2, 0) is 33.4 Å². The van der Waals surface area contributed by atoms with Crippen LogP contribution in [0.25, 0.3) is 11.1 Å². The molecule has 0 atom stereocenters. The van der Waals surface area contributed by atoms with Crippen molar-refractivity contribution in [2.75, 3.05) is 13.2 Å². The highest BCUT2D eigenvalue weighted by atomic mass is 35.5. The lowest BCUT2D eigenvalue weighted by Gasteiger charge is -2.38. The SMILES string of the molecule is CC(C)(C)C(=O)Cl.Cc1cc(Cl)cc(C)c1C1=C(O)C2(CCC(OCC(F)(F)F)CC2)NC1=O.Cc1cc(Cl)cc(C)c1C1=C(OC(=O)C(C)(C)C)C2(CCC(OCC(F)(F)F)CC2)NC1=O. The van der Waals surface area contributed by atoms with Crippen LogP contribution < -0.4 is 10.6 Å². The lowest BCUT2D eigenvalue weighted by Crippen LogP contribution is -2.49. The molecule has 0 unspecified atom stereocenters. The van der Waals surface area contributed by atoms with Crippen molar-refractivity contribution in [3.63, 3.8) is 0 Å². The standard InChI is InChI=1S/C24H29ClF3NO4.C19H21ClF3NO3.C5H9ClO/c1-13-10-15(25)11-14(2)17(13)18-19(33-21(31)22(3,4)5)23(29-20(18)30)8-6-16(7-9-23)32-12-24(26,27)28;1-10-7-12(20)8-11(2)14(10)15-16(25)18(24-17(15)26)5-3-13(4-6-18)27-9-19(21,22)23;1-5(2,3)4(6)7/h10-11,16H,6-9,12H2,1-5H3,(H,29,30);7-8,13,25H,3-6,9H2,1-2H3,(H,24,26);1-3H3. The molecule has 10 nitrogen and oxygen atoms in total. The number of amides is 2. The number of carbonyl (C=O) groups excluding carboxylic acids is 4. The molecule has 2 aromatic rings. The van der Waals surface area contributed by atoms with E-state index in [0.29, 0.717) is 72.5 Å². The van der Waals surface area contributed by atoms with Crippen LogP contribution in [0.1, 0.15) is 126 Å². The third-order valence-corrected chi connectivity index (χ3v) is 12.9. The molecule has 0 radical (unpaired) electrons. The minimum atomic E-state index is -4.40. The minimum absolute atomic E-state index is 0.0460. The van der Waals surface area contributed by atoms with Gasteiger partial charge in [0.05, 0.1) is 39.8 Å². The summed E-state index contributed by atoms with van der Waals surface area (Å²) in [6.07, 6.45) is -7.43. The first-order valence-electron chi connectivity index (χ1n) is 21.8. The lowest BCUT2D eigenvalue weighted by atomic mass is 9.78. The summed E-state index contributed by atoms with van der Waals surface area (Å²) in [5.41, 5.74) is 1.72. The second kappa shape index (κ2) is 21.0. The molecule has 2 amide bonds. The van der Waals surface area contributed by atoms with Gasteiger partial charge in [0.2, 0.25) is 5.24 Å². The summed E-state index contributed by atoms with van der Waals surface area (Å²) >= 11 is 17.3. The van der Waals surface area contributed by atoms with Crippen LogP contribution in [0.15, 0.2) is 35.8 Å². The monoisotopic (exact) mass is 1010 g/mol. The zero-order chi connectivity index (χ0) is 50.8. The summed E-state index contributed by atoms with van der Waals surface area (Å²) in [6, 6.07) is 6.93. The number of aryl methyl sites for hydroxylation is 4. The molecule has 0 saturated heterocycles. The molecule has 4 aliphatic rings. The van der Waals surface area contributed by atoms with Crippen molar-refractivity contribution < 1.29 is 64.8 Å². The average molecular weight is 1010 g/mol. The van der Waals surface area contributed by atoms with Gasteiger partial charge in [0.1, 0.15) is 24.7 Å². The molecule has 2 heterocycles. The van der Waals surface area contributed by atoms with E-state index in [0.717, 1.165) is 22.3 Å². The number of carbonyl (C=O) groups is 4. The molecule has 0 bridgehead atoms. The van der Waals surface area contributed by atoms with E-state index in [1.54, 1.807) is 65.8 Å².